The number of carbonyl (C=O) groups is 1. The molecular formula is C13H19BrN2O3S. The zero-order chi connectivity index (χ0) is 14.7. The van der Waals surface area contributed by atoms with E-state index < -0.39 is 12.2 Å². The summed E-state index contributed by atoms with van der Waals surface area (Å²) in [6.45, 7) is 4.16. The predicted molar refractivity (Wildman–Crippen MR) is 81.6 cm³/mol. The smallest absolute Gasteiger partial charge is 0.237 e. The van der Waals surface area contributed by atoms with Crippen LogP contribution in [0.4, 0.5) is 0 Å². The van der Waals surface area contributed by atoms with Crippen LogP contribution in [-0.2, 0) is 11.3 Å². The highest BCUT2D eigenvalue weighted by Crippen LogP contribution is 2.23. The highest BCUT2D eigenvalue weighted by atomic mass is 79.9. The summed E-state index contributed by atoms with van der Waals surface area (Å²) < 4.78 is 1.06. The molecule has 0 radical (unpaired) electrons. The Morgan fingerprint density at radius 1 is 1.45 bits per heavy atom. The van der Waals surface area contributed by atoms with Gasteiger partial charge in [-0.25, -0.2) is 0 Å². The van der Waals surface area contributed by atoms with E-state index in [1.165, 1.54) is 0 Å². The van der Waals surface area contributed by atoms with Gasteiger partial charge in [0.25, 0.3) is 0 Å². The number of amides is 1. The molecule has 1 aromatic heterocycles. The van der Waals surface area contributed by atoms with Crippen molar-refractivity contribution in [2.45, 2.75) is 25.7 Å². The van der Waals surface area contributed by atoms with Gasteiger partial charge < -0.3 is 15.1 Å². The van der Waals surface area contributed by atoms with Gasteiger partial charge >= 0.3 is 0 Å². The molecule has 0 aromatic carbocycles. The number of aliphatic hydroxyl groups is 2. The number of nitrogens with zero attached hydrogens (tertiary/aromatic N) is 2. The van der Waals surface area contributed by atoms with E-state index in [2.05, 4.69) is 15.9 Å². The van der Waals surface area contributed by atoms with E-state index >= 15 is 0 Å². The number of hydrogen-bond donors (Lipinski definition) is 2. The van der Waals surface area contributed by atoms with Crippen molar-refractivity contribution in [3.05, 3.63) is 20.8 Å². The summed E-state index contributed by atoms with van der Waals surface area (Å²) in [6, 6.07) is 3.99. The molecule has 1 amide bonds. The van der Waals surface area contributed by atoms with E-state index in [9.17, 15) is 15.0 Å². The van der Waals surface area contributed by atoms with Crippen molar-refractivity contribution >= 4 is 33.2 Å². The number of aliphatic hydroxyl groups excluding tert-OH is 2. The van der Waals surface area contributed by atoms with Crippen molar-refractivity contribution in [2.24, 2.45) is 0 Å². The minimum Gasteiger partial charge on any atom is -0.389 e. The van der Waals surface area contributed by atoms with Crippen molar-refractivity contribution in [2.75, 3.05) is 26.2 Å². The van der Waals surface area contributed by atoms with E-state index in [1.54, 1.807) is 21.1 Å². The summed E-state index contributed by atoms with van der Waals surface area (Å²) in [5.74, 6) is 0.0262. The molecule has 7 heteroatoms. The third-order valence-electron chi connectivity index (χ3n) is 3.40. The second kappa shape index (κ2) is 7.00. The summed E-state index contributed by atoms with van der Waals surface area (Å²) in [6.07, 6.45) is -1.49. The fraction of sp³-hybridized carbons (Fsp3) is 0.615. The number of β-amino-alcohol motifs (C(OH)–C–C–N with tert-alkyl or cyclic N) is 2. The van der Waals surface area contributed by atoms with Crippen LogP contribution in [0, 0.1) is 0 Å². The SMILES string of the molecule is CCN(Cc1ccc(Br)s1)C(=O)CN1CC(O)C(O)C1. The van der Waals surface area contributed by atoms with Gasteiger partial charge in [0, 0.05) is 24.5 Å². The van der Waals surface area contributed by atoms with E-state index in [0.29, 0.717) is 26.2 Å². The fourth-order valence-corrected chi connectivity index (χ4v) is 3.77. The summed E-state index contributed by atoms with van der Waals surface area (Å²) in [5.41, 5.74) is 0. The third-order valence-corrected chi connectivity index (χ3v) is 5.01. The number of likely N-dealkylation sites (tertiary alicyclic amines) is 1. The van der Waals surface area contributed by atoms with Gasteiger partial charge in [0.15, 0.2) is 0 Å². The Kier molecular flexibility index (Phi) is 5.57. The molecule has 2 N–H and O–H groups in total. The van der Waals surface area contributed by atoms with Gasteiger partial charge in [0.2, 0.25) is 5.91 Å². The lowest BCUT2D eigenvalue weighted by molar-refractivity contribution is -0.132. The lowest BCUT2D eigenvalue weighted by Gasteiger charge is -2.23. The molecule has 1 aromatic rings. The molecule has 2 unspecified atom stereocenters. The molecule has 2 atom stereocenters. The quantitative estimate of drug-likeness (QED) is 0.816. The van der Waals surface area contributed by atoms with Crippen LogP contribution in [0.15, 0.2) is 15.9 Å². The molecule has 1 fully saturated rings. The van der Waals surface area contributed by atoms with Crippen LogP contribution in [-0.4, -0.2) is 64.3 Å². The summed E-state index contributed by atoms with van der Waals surface area (Å²) in [7, 11) is 0. The monoisotopic (exact) mass is 362 g/mol. The van der Waals surface area contributed by atoms with Gasteiger partial charge in [-0.15, -0.1) is 11.3 Å². The maximum atomic E-state index is 12.3. The largest absolute Gasteiger partial charge is 0.389 e. The zero-order valence-electron chi connectivity index (χ0n) is 11.3. The lowest BCUT2D eigenvalue weighted by Crippen LogP contribution is -2.39. The van der Waals surface area contributed by atoms with Crippen LogP contribution in [0.1, 0.15) is 11.8 Å². The van der Waals surface area contributed by atoms with Crippen molar-refractivity contribution in [1.29, 1.82) is 0 Å². The van der Waals surface area contributed by atoms with Crippen LogP contribution in [0.3, 0.4) is 0 Å². The summed E-state index contributed by atoms with van der Waals surface area (Å²) >= 11 is 5.04. The van der Waals surface area contributed by atoms with E-state index in [4.69, 9.17) is 0 Å². The first-order chi connectivity index (χ1) is 9.49. The highest BCUT2D eigenvalue weighted by molar-refractivity contribution is 9.11. The Morgan fingerprint density at radius 2 is 2.10 bits per heavy atom. The van der Waals surface area contributed by atoms with Gasteiger partial charge in [-0.3, -0.25) is 9.69 Å². The van der Waals surface area contributed by atoms with E-state index in [1.807, 2.05) is 19.1 Å². The fourth-order valence-electron chi connectivity index (χ4n) is 2.27. The second-order valence-corrected chi connectivity index (χ2v) is 7.49. The molecule has 0 spiro atoms. The first-order valence-corrected chi connectivity index (χ1v) is 8.21. The molecule has 5 nitrogen and oxygen atoms in total. The van der Waals surface area contributed by atoms with Gasteiger partial charge in [-0.05, 0) is 35.0 Å². The average molecular weight is 363 g/mol. The molecule has 2 heterocycles. The first-order valence-electron chi connectivity index (χ1n) is 6.60. The number of likely N-dealkylation sites (N-methyl/N-ethyl adjacent to an activating group) is 1. The number of carbonyl (C=O) groups excluding carboxylic acids is 1. The van der Waals surface area contributed by atoms with Gasteiger partial charge in [-0.2, -0.15) is 0 Å². The second-order valence-electron chi connectivity index (χ2n) is 4.94. The highest BCUT2D eigenvalue weighted by Gasteiger charge is 2.31. The van der Waals surface area contributed by atoms with E-state index in [-0.39, 0.29) is 12.5 Å². The normalized spacial score (nSPS) is 23.2. The molecule has 0 bridgehead atoms. The Labute approximate surface area is 130 Å². The molecule has 2 rings (SSSR count). The zero-order valence-corrected chi connectivity index (χ0v) is 13.7. The number of rotatable bonds is 5. The minimum atomic E-state index is -0.744. The molecule has 0 aliphatic carbocycles. The maximum Gasteiger partial charge on any atom is 0.237 e. The Hall–Kier alpha value is -0.470. The number of halogens is 1. The van der Waals surface area contributed by atoms with Gasteiger partial charge in [0.05, 0.1) is 29.1 Å². The first kappa shape index (κ1) is 15.9. The molecule has 1 aliphatic heterocycles. The van der Waals surface area contributed by atoms with Crippen LogP contribution in [0.5, 0.6) is 0 Å². The molecule has 112 valence electrons. The van der Waals surface area contributed by atoms with E-state index in [0.717, 1.165) is 8.66 Å². The van der Waals surface area contributed by atoms with Crippen molar-refractivity contribution in [1.82, 2.24) is 9.80 Å². The predicted octanol–water partition coefficient (Wildman–Crippen LogP) is 0.896. The summed E-state index contributed by atoms with van der Waals surface area (Å²) in [5, 5.41) is 19.0. The van der Waals surface area contributed by atoms with Crippen LogP contribution >= 0.6 is 27.3 Å². The molecular weight excluding hydrogens is 344 g/mol. The standard InChI is InChI=1S/C13H19BrN2O3S/c1-2-16(5-9-3-4-12(14)20-9)13(19)8-15-6-10(17)11(18)7-15/h3-4,10-11,17-18H,2,5-8H2,1H3. The Bertz CT molecular complexity index is 458. The van der Waals surface area contributed by atoms with Crippen molar-refractivity contribution in [3.63, 3.8) is 0 Å². The van der Waals surface area contributed by atoms with Gasteiger partial charge in [0.1, 0.15) is 0 Å². The number of thiophene rings is 1. The topological polar surface area (TPSA) is 64.0 Å². The van der Waals surface area contributed by atoms with Crippen molar-refractivity contribution < 1.29 is 15.0 Å². The number of hydrogen-bond acceptors (Lipinski definition) is 5. The average Bonchev–Trinajstić information content (AvgIpc) is 2.93. The lowest BCUT2D eigenvalue weighted by atomic mass is 10.3. The van der Waals surface area contributed by atoms with Crippen molar-refractivity contribution in [3.8, 4) is 0 Å². The molecule has 20 heavy (non-hydrogen) atoms. The molecule has 1 saturated heterocycles. The third kappa shape index (κ3) is 4.02. The molecule has 1 aliphatic rings. The molecule has 0 saturated carbocycles. The summed E-state index contributed by atoms with van der Waals surface area (Å²) in [4.78, 5) is 17.0. The van der Waals surface area contributed by atoms with Crippen LogP contribution < -0.4 is 0 Å². The maximum absolute atomic E-state index is 12.3. The van der Waals surface area contributed by atoms with Crippen LogP contribution in [0.2, 0.25) is 0 Å². The van der Waals surface area contributed by atoms with Crippen LogP contribution in [0.25, 0.3) is 0 Å². The Morgan fingerprint density at radius 3 is 2.60 bits per heavy atom. The minimum absolute atomic E-state index is 0.0262. The Balaban J connectivity index is 1.89. The van der Waals surface area contributed by atoms with Gasteiger partial charge in [-0.1, -0.05) is 0 Å².